The van der Waals surface area contributed by atoms with Crippen LogP contribution in [0.15, 0.2) is 48.6 Å². The Morgan fingerprint density at radius 3 is 0.824 bits per heavy atom. The minimum Gasteiger partial charge on any atom is -0.330 e. The van der Waals surface area contributed by atoms with Gasteiger partial charge in [0.2, 0.25) is 0 Å². The molecule has 6 heteroatoms. The molecule has 0 unspecified atom stereocenters. The number of ether oxygens (including phenoxy) is 6. The van der Waals surface area contributed by atoms with Crippen LogP contribution >= 0.6 is 0 Å². The maximum absolute atomic E-state index is 5.77. The molecule has 0 amide bonds. The Morgan fingerprint density at radius 2 is 0.588 bits per heavy atom. The summed E-state index contributed by atoms with van der Waals surface area (Å²) in [6.07, 6.45) is 24.3. The molecule has 0 rings (SSSR count). The summed E-state index contributed by atoms with van der Waals surface area (Å²) in [5.74, 6) is 0. The number of hydrogen-bond donors (Lipinski definition) is 0. The van der Waals surface area contributed by atoms with Crippen LogP contribution in [0.3, 0.4) is 0 Å². The maximum Gasteiger partial charge on any atom is 0.271 e. The lowest BCUT2D eigenvalue weighted by Crippen LogP contribution is -2.27. The van der Waals surface area contributed by atoms with Crippen LogP contribution in [0.5, 0.6) is 0 Å². The van der Waals surface area contributed by atoms with Gasteiger partial charge in [0.25, 0.3) is 13.0 Å². The molecule has 0 N–H and O–H groups in total. The molecule has 0 aliphatic heterocycles. The number of rotatable bonds is 25. The van der Waals surface area contributed by atoms with Crippen LogP contribution in [0.2, 0.25) is 0 Å². The van der Waals surface area contributed by atoms with Crippen LogP contribution in [0, 0.1) is 0 Å². The zero-order chi connectivity index (χ0) is 25.0. The first-order valence-corrected chi connectivity index (χ1v) is 13.1. The molecule has 0 fully saturated rings. The van der Waals surface area contributed by atoms with E-state index in [1.165, 1.54) is 0 Å². The van der Waals surface area contributed by atoms with Gasteiger partial charge in [0, 0.05) is 0 Å². The predicted molar refractivity (Wildman–Crippen MR) is 139 cm³/mol. The molecule has 0 saturated heterocycles. The van der Waals surface area contributed by atoms with Crippen molar-refractivity contribution >= 4 is 0 Å². The minimum atomic E-state index is -0.715. The first kappa shape index (κ1) is 32.7. The number of hydrogen-bond acceptors (Lipinski definition) is 6. The summed E-state index contributed by atoms with van der Waals surface area (Å²) in [4.78, 5) is 0. The normalized spacial score (nSPS) is 14.4. The van der Waals surface area contributed by atoms with Crippen molar-refractivity contribution in [1.82, 2.24) is 0 Å². The fraction of sp³-hybridized carbons (Fsp3) is 0.714. The summed E-state index contributed by atoms with van der Waals surface area (Å²) >= 11 is 0. The van der Waals surface area contributed by atoms with Crippen molar-refractivity contribution in [2.45, 2.75) is 92.0 Å². The first-order chi connectivity index (χ1) is 16.8. The van der Waals surface area contributed by atoms with E-state index in [-0.39, 0.29) is 0 Å². The van der Waals surface area contributed by atoms with E-state index >= 15 is 0 Å². The highest BCUT2D eigenvalue weighted by Crippen LogP contribution is 2.05. The zero-order valence-electron chi connectivity index (χ0n) is 22.1. The molecule has 0 aromatic heterocycles. The summed E-state index contributed by atoms with van der Waals surface area (Å²) in [5.41, 5.74) is 0. The highest BCUT2D eigenvalue weighted by atomic mass is 16.9. The van der Waals surface area contributed by atoms with E-state index in [2.05, 4.69) is 76.3 Å². The highest BCUT2D eigenvalue weighted by molar-refractivity contribution is 4.81. The second kappa shape index (κ2) is 28.0. The Hall–Kier alpha value is -1.28. The third kappa shape index (κ3) is 23.9. The van der Waals surface area contributed by atoms with Gasteiger partial charge in [-0.2, -0.15) is 0 Å². The fourth-order valence-electron chi connectivity index (χ4n) is 2.64. The summed E-state index contributed by atoms with van der Waals surface area (Å²) < 4.78 is 34.6. The molecular weight excluding hydrogens is 432 g/mol. The van der Waals surface area contributed by atoms with Crippen LogP contribution in [0.4, 0.5) is 0 Å². The minimum absolute atomic E-state index is 0.314. The van der Waals surface area contributed by atoms with Crippen LogP contribution in [0.1, 0.15) is 79.1 Å². The van der Waals surface area contributed by atoms with E-state index < -0.39 is 13.0 Å². The first-order valence-electron chi connectivity index (χ1n) is 13.1. The van der Waals surface area contributed by atoms with Crippen LogP contribution in [0.25, 0.3) is 0 Å². The van der Waals surface area contributed by atoms with Gasteiger partial charge in [-0.1, -0.05) is 76.3 Å². The molecule has 0 bridgehead atoms. The van der Waals surface area contributed by atoms with Crippen molar-refractivity contribution in [3.05, 3.63) is 48.6 Å². The summed E-state index contributed by atoms with van der Waals surface area (Å²) in [7, 11) is 0. The van der Waals surface area contributed by atoms with Crippen molar-refractivity contribution in [3.63, 3.8) is 0 Å². The van der Waals surface area contributed by atoms with E-state index in [0.29, 0.717) is 39.6 Å². The monoisotopic (exact) mass is 482 g/mol. The third-order valence-electron chi connectivity index (χ3n) is 4.35. The van der Waals surface area contributed by atoms with Crippen LogP contribution in [-0.4, -0.2) is 52.6 Å². The Balaban J connectivity index is 4.43. The van der Waals surface area contributed by atoms with Gasteiger partial charge in [-0.05, 0) is 51.4 Å². The van der Waals surface area contributed by atoms with Gasteiger partial charge in [0.1, 0.15) is 0 Å². The lowest BCUT2D eigenvalue weighted by Gasteiger charge is -2.21. The van der Waals surface area contributed by atoms with Crippen molar-refractivity contribution in [3.8, 4) is 0 Å². The maximum atomic E-state index is 5.77. The summed E-state index contributed by atoms with van der Waals surface area (Å²) in [6, 6.07) is 0. The molecule has 0 aliphatic rings. The third-order valence-corrected chi connectivity index (χ3v) is 4.35. The second-order valence-corrected chi connectivity index (χ2v) is 7.48. The molecule has 0 aliphatic carbocycles. The Labute approximate surface area is 209 Å². The smallest absolute Gasteiger partial charge is 0.271 e. The van der Waals surface area contributed by atoms with E-state index in [1.807, 2.05) is 0 Å². The number of allylic oxidation sites excluding steroid dienone is 4. The molecule has 0 atom stereocenters. The quantitative estimate of drug-likeness (QED) is 0.0787. The molecule has 0 aromatic carbocycles. The van der Waals surface area contributed by atoms with Gasteiger partial charge >= 0.3 is 0 Å². The zero-order valence-corrected chi connectivity index (χ0v) is 22.1. The lowest BCUT2D eigenvalue weighted by molar-refractivity contribution is -0.313. The van der Waals surface area contributed by atoms with Gasteiger partial charge in [-0.15, -0.1) is 0 Å². The average Bonchev–Trinajstić information content (AvgIpc) is 2.84. The fourth-order valence-corrected chi connectivity index (χ4v) is 2.64. The highest BCUT2D eigenvalue weighted by Gasteiger charge is 2.12. The molecular formula is C28H50O6. The van der Waals surface area contributed by atoms with Crippen molar-refractivity contribution in [2.75, 3.05) is 39.6 Å². The van der Waals surface area contributed by atoms with Crippen molar-refractivity contribution in [1.29, 1.82) is 0 Å². The van der Waals surface area contributed by atoms with Gasteiger partial charge in [-0.25, -0.2) is 0 Å². The predicted octanol–water partition coefficient (Wildman–Crippen LogP) is 7.08. The molecule has 0 aromatic rings. The van der Waals surface area contributed by atoms with E-state index in [4.69, 9.17) is 28.4 Å². The van der Waals surface area contributed by atoms with Crippen LogP contribution in [-0.2, 0) is 28.4 Å². The standard InChI is InChI=1S/C28H50O6/c1-5-9-13-17-21-29-27(30-22-18-14-10-6-2)33-25-26-34-28(31-23-19-15-11-7-3)32-24-20-16-12-8-4/h9-16,27-28H,5-8,17-26H2,1-4H3. The summed E-state index contributed by atoms with van der Waals surface area (Å²) in [6.45, 7) is 9.80. The molecule has 34 heavy (non-hydrogen) atoms. The van der Waals surface area contributed by atoms with E-state index in [9.17, 15) is 0 Å². The average molecular weight is 483 g/mol. The van der Waals surface area contributed by atoms with Gasteiger partial charge in [0.05, 0.1) is 39.6 Å². The van der Waals surface area contributed by atoms with E-state index in [1.54, 1.807) is 0 Å². The van der Waals surface area contributed by atoms with Crippen LogP contribution < -0.4 is 0 Å². The summed E-state index contributed by atoms with van der Waals surface area (Å²) in [5, 5.41) is 0. The Kier molecular flexibility index (Phi) is 26.9. The molecule has 6 nitrogen and oxygen atoms in total. The Bertz CT molecular complexity index is 429. The molecule has 0 heterocycles. The topological polar surface area (TPSA) is 55.4 Å². The van der Waals surface area contributed by atoms with Crippen molar-refractivity contribution in [2.24, 2.45) is 0 Å². The van der Waals surface area contributed by atoms with Gasteiger partial charge in [0.15, 0.2) is 0 Å². The molecule has 0 saturated carbocycles. The lowest BCUT2D eigenvalue weighted by atomic mass is 10.3. The Morgan fingerprint density at radius 1 is 0.353 bits per heavy atom. The van der Waals surface area contributed by atoms with Gasteiger partial charge in [-0.3, -0.25) is 0 Å². The van der Waals surface area contributed by atoms with Gasteiger partial charge < -0.3 is 28.4 Å². The SMILES string of the molecule is CCC=CCCOC(OCCC=CCC)OCCOC(OCCC=CCC)OCCC=CCC. The molecule has 198 valence electrons. The molecule has 0 radical (unpaired) electrons. The molecule has 0 spiro atoms. The largest absolute Gasteiger partial charge is 0.330 e. The van der Waals surface area contributed by atoms with Crippen molar-refractivity contribution < 1.29 is 28.4 Å². The van der Waals surface area contributed by atoms with E-state index in [0.717, 1.165) is 51.4 Å². The second-order valence-electron chi connectivity index (χ2n) is 7.48.